The maximum atomic E-state index is 12.8. The number of quaternary nitrogens is 1. The molecule has 0 radical (unpaired) electrons. The minimum atomic E-state index is -4.30. The third-order valence-electron chi connectivity index (χ3n) is 11.0. The molecule has 0 aliphatic carbocycles. The molecule has 0 saturated carbocycles. The van der Waals surface area contributed by atoms with E-state index in [4.69, 9.17) is 18.5 Å². The zero-order valence-corrected chi connectivity index (χ0v) is 45.6. The number of unbranched alkanes of at least 4 members (excludes halogenated alkanes) is 15. The van der Waals surface area contributed by atoms with Crippen molar-refractivity contribution in [2.75, 3.05) is 54.1 Å². The van der Waals surface area contributed by atoms with Gasteiger partial charge in [-0.1, -0.05) is 206 Å². The molecule has 394 valence electrons. The molecule has 0 amide bonds. The van der Waals surface area contributed by atoms with Gasteiger partial charge in [-0.25, -0.2) is 4.57 Å². The van der Waals surface area contributed by atoms with Gasteiger partial charge in [0.1, 0.15) is 19.3 Å². The van der Waals surface area contributed by atoms with E-state index in [0.29, 0.717) is 24.1 Å². The largest absolute Gasteiger partial charge is 0.472 e. The van der Waals surface area contributed by atoms with Crippen LogP contribution in [0.5, 0.6) is 0 Å². The number of phosphoric acid groups is 1. The Labute approximate surface area is 424 Å². The molecule has 2 atom stereocenters. The Kier molecular flexibility index (Phi) is 49.0. The summed E-state index contributed by atoms with van der Waals surface area (Å²) in [5.74, 6) is -0.331. The van der Waals surface area contributed by atoms with Gasteiger partial charge in [-0.3, -0.25) is 13.8 Å². The maximum absolute atomic E-state index is 12.8. The van der Waals surface area contributed by atoms with E-state index in [1.54, 1.807) is 0 Å². The van der Waals surface area contributed by atoms with Gasteiger partial charge in [-0.2, -0.15) is 0 Å². The zero-order valence-electron chi connectivity index (χ0n) is 44.8. The van der Waals surface area contributed by atoms with Gasteiger partial charge in [0.25, 0.3) is 0 Å². The molecule has 0 aromatic carbocycles. The van der Waals surface area contributed by atoms with Crippen molar-refractivity contribution in [3.05, 3.63) is 122 Å². The summed E-state index contributed by atoms with van der Waals surface area (Å²) in [4.78, 5) is 23.1. The van der Waals surface area contributed by atoms with Gasteiger partial charge in [0.2, 0.25) is 0 Å². The van der Waals surface area contributed by atoms with Crippen LogP contribution < -0.4 is 0 Å². The van der Waals surface area contributed by atoms with E-state index in [1.165, 1.54) is 57.8 Å². The van der Waals surface area contributed by atoms with E-state index in [0.717, 1.165) is 116 Å². The van der Waals surface area contributed by atoms with Crippen LogP contribution in [0.4, 0.5) is 0 Å². The van der Waals surface area contributed by atoms with Gasteiger partial charge < -0.3 is 18.9 Å². The number of likely N-dealkylation sites (N-methyl/N-ethyl adjacent to an activating group) is 1. The fourth-order valence-electron chi connectivity index (χ4n) is 6.90. The monoisotopic (exact) mass is 981 g/mol. The molecule has 0 fully saturated rings. The lowest BCUT2D eigenvalue weighted by Crippen LogP contribution is -2.37. The summed E-state index contributed by atoms with van der Waals surface area (Å²) in [6.45, 7) is 5.33. The average molecular weight is 981 g/mol. The Hall–Kier alpha value is -3.10. The molecule has 0 aromatic rings. The highest BCUT2D eigenvalue weighted by Crippen LogP contribution is 2.43. The number of nitrogens with zero attached hydrogens (tertiary/aromatic N) is 1. The number of carbonyl (C=O) groups excluding carboxylic acids is 1. The van der Waals surface area contributed by atoms with E-state index < -0.39 is 13.9 Å². The van der Waals surface area contributed by atoms with Crippen LogP contribution in [0, 0.1) is 0 Å². The highest BCUT2D eigenvalue weighted by atomic mass is 31.2. The lowest BCUT2D eigenvalue weighted by atomic mass is 10.1. The molecule has 0 aliphatic rings. The lowest BCUT2D eigenvalue weighted by molar-refractivity contribution is -0.870. The van der Waals surface area contributed by atoms with Gasteiger partial charge in [-0.15, -0.1) is 0 Å². The summed E-state index contributed by atoms with van der Waals surface area (Å²) in [5.41, 5.74) is 0. The first kappa shape index (κ1) is 65.9. The minimum Gasteiger partial charge on any atom is -0.457 e. The summed E-state index contributed by atoms with van der Waals surface area (Å²) in [5, 5.41) is 0. The molecular weight excluding hydrogens is 878 g/mol. The quantitative estimate of drug-likeness (QED) is 0.0213. The fraction of sp³-hybridized carbons (Fsp3) is 0.650. The molecule has 2 unspecified atom stereocenters. The number of phosphoric ester groups is 1. The van der Waals surface area contributed by atoms with Crippen LogP contribution in [0.25, 0.3) is 0 Å². The molecule has 0 spiro atoms. The van der Waals surface area contributed by atoms with Crippen LogP contribution in [0.2, 0.25) is 0 Å². The van der Waals surface area contributed by atoms with Crippen LogP contribution in [-0.2, 0) is 27.9 Å². The normalized spacial score (nSPS) is 14.5. The lowest BCUT2D eigenvalue weighted by Gasteiger charge is -2.24. The van der Waals surface area contributed by atoms with Crippen molar-refractivity contribution in [1.82, 2.24) is 0 Å². The van der Waals surface area contributed by atoms with E-state index in [1.807, 2.05) is 21.1 Å². The van der Waals surface area contributed by atoms with Gasteiger partial charge >= 0.3 is 13.8 Å². The predicted molar refractivity (Wildman–Crippen MR) is 297 cm³/mol. The Morgan fingerprint density at radius 3 is 1.19 bits per heavy atom. The predicted octanol–water partition coefficient (Wildman–Crippen LogP) is 17.3. The zero-order chi connectivity index (χ0) is 50.5. The van der Waals surface area contributed by atoms with Gasteiger partial charge in [0, 0.05) is 13.0 Å². The Morgan fingerprint density at radius 2 is 0.797 bits per heavy atom. The van der Waals surface area contributed by atoms with E-state index in [-0.39, 0.29) is 25.8 Å². The van der Waals surface area contributed by atoms with Crippen molar-refractivity contribution in [1.29, 1.82) is 0 Å². The van der Waals surface area contributed by atoms with Crippen molar-refractivity contribution in [3.63, 3.8) is 0 Å². The first-order chi connectivity index (χ1) is 33.6. The van der Waals surface area contributed by atoms with Crippen LogP contribution in [0.15, 0.2) is 122 Å². The second kappa shape index (κ2) is 51.3. The maximum Gasteiger partial charge on any atom is 0.472 e. The van der Waals surface area contributed by atoms with Crippen molar-refractivity contribution in [2.45, 2.75) is 200 Å². The van der Waals surface area contributed by atoms with Crippen LogP contribution in [0.3, 0.4) is 0 Å². The fourth-order valence-corrected chi connectivity index (χ4v) is 7.64. The Bertz CT molecular complexity index is 1510. The summed E-state index contributed by atoms with van der Waals surface area (Å²) in [6.07, 6.45) is 73.9. The summed E-state index contributed by atoms with van der Waals surface area (Å²) in [7, 11) is 1.63. The van der Waals surface area contributed by atoms with Crippen molar-refractivity contribution >= 4 is 13.8 Å². The Balaban J connectivity index is 4.19. The summed E-state index contributed by atoms with van der Waals surface area (Å²) in [6, 6.07) is 0. The van der Waals surface area contributed by atoms with E-state index in [9.17, 15) is 14.3 Å². The number of ether oxygens (including phenoxy) is 2. The first-order valence-corrected chi connectivity index (χ1v) is 28.8. The molecule has 8 nitrogen and oxygen atoms in total. The number of allylic oxidation sites excluding steroid dienone is 20. The number of carbonyl (C=O) groups is 1. The third kappa shape index (κ3) is 55.7. The van der Waals surface area contributed by atoms with Gasteiger partial charge in [0.15, 0.2) is 0 Å². The molecule has 0 rings (SSSR count). The highest BCUT2D eigenvalue weighted by Gasteiger charge is 2.26. The highest BCUT2D eigenvalue weighted by molar-refractivity contribution is 7.47. The number of hydrogen-bond acceptors (Lipinski definition) is 6. The Morgan fingerprint density at radius 1 is 0.449 bits per heavy atom. The standard InChI is InChI=1S/C60H102NO7P/c1-6-8-10-12-14-16-18-20-22-24-26-28-30-31-32-33-35-37-39-41-43-45-47-49-51-53-60(62)68-59(58-67-69(63,64)66-56-54-61(3,4)5)57-65-55-52-50-48-46-44-42-40-38-36-34-29-27-25-23-21-19-17-15-13-11-9-7-2/h8-11,14-17,20-23,26-29,31-32,36,38,59H,6-7,12-13,18-19,24-25,30,33-35,37,39-58H2,1-5H3/p+1/b10-8-,11-9-,16-14-,17-15-,22-20-,23-21-,28-26-,29-27-,32-31-,38-36-. The summed E-state index contributed by atoms with van der Waals surface area (Å²) >= 11 is 0. The molecule has 1 N–H and O–H groups in total. The average Bonchev–Trinajstić information content (AvgIpc) is 3.31. The molecule has 0 aliphatic heterocycles. The first-order valence-electron chi connectivity index (χ1n) is 27.3. The number of esters is 1. The second-order valence-corrected chi connectivity index (χ2v) is 20.3. The van der Waals surface area contributed by atoms with Crippen molar-refractivity contribution in [2.24, 2.45) is 0 Å². The van der Waals surface area contributed by atoms with E-state index >= 15 is 0 Å². The molecule has 9 heteroatoms. The van der Waals surface area contributed by atoms with E-state index in [2.05, 4.69) is 135 Å². The molecular formula is C60H103NO7P+. The smallest absolute Gasteiger partial charge is 0.457 e. The topological polar surface area (TPSA) is 91.3 Å². The molecule has 0 bridgehead atoms. The third-order valence-corrected chi connectivity index (χ3v) is 12.0. The summed E-state index contributed by atoms with van der Waals surface area (Å²) < 4.78 is 35.2. The molecule has 0 saturated heterocycles. The molecule has 0 aromatic heterocycles. The second-order valence-electron chi connectivity index (χ2n) is 18.8. The van der Waals surface area contributed by atoms with Gasteiger partial charge in [-0.05, 0) is 103 Å². The number of rotatable bonds is 49. The minimum absolute atomic E-state index is 0.0768. The SMILES string of the molecule is CC/C=C\C/C=C\C/C=C\C/C=C\C/C=C\CCCCCCCCCCCC(=O)OC(COCCCCCCCC/C=C\C/C=C\C/C=C\C/C=C\C/C=C\CC)COP(=O)(O)OCC[N+](C)(C)C. The number of hydrogen-bond donors (Lipinski definition) is 1. The van der Waals surface area contributed by atoms with Gasteiger partial charge in [0.05, 0.1) is 34.4 Å². The molecule has 0 heterocycles. The van der Waals surface area contributed by atoms with Crippen LogP contribution >= 0.6 is 7.82 Å². The van der Waals surface area contributed by atoms with Crippen LogP contribution in [0.1, 0.15) is 194 Å². The van der Waals surface area contributed by atoms with Crippen LogP contribution in [-0.4, -0.2) is 75.6 Å². The van der Waals surface area contributed by atoms with Crippen molar-refractivity contribution < 1.29 is 37.3 Å². The van der Waals surface area contributed by atoms with Crippen molar-refractivity contribution in [3.8, 4) is 0 Å². The molecule has 69 heavy (non-hydrogen) atoms.